The Bertz CT molecular complexity index is 1250. The first-order chi connectivity index (χ1) is 16.9. The first-order valence-corrected chi connectivity index (χ1v) is 11.6. The summed E-state index contributed by atoms with van der Waals surface area (Å²) < 4.78 is 24.8. The molecule has 0 aliphatic heterocycles. The molecule has 1 aliphatic carbocycles. The van der Waals surface area contributed by atoms with Crippen LogP contribution in [0.3, 0.4) is 0 Å². The van der Waals surface area contributed by atoms with Crippen LogP contribution in [0.25, 0.3) is 11.3 Å². The number of benzene rings is 2. The number of rotatable bonds is 11. The van der Waals surface area contributed by atoms with E-state index in [-0.39, 0.29) is 42.5 Å². The molecule has 1 fully saturated rings. The fraction of sp³-hybridized carbons (Fsp3) is 0.321. The fourth-order valence-electron chi connectivity index (χ4n) is 3.73. The molecule has 0 spiro atoms. The van der Waals surface area contributed by atoms with Gasteiger partial charge in [0.25, 0.3) is 0 Å². The number of carbonyl (C=O) groups is 2. The predicted molar refractivity (Wildman–Crippen MR) is 129 cm³/mol. The average Bonchev–Trinajstić information content (AvgIpc) is 3.71. The van der Waals surface area contributed by atoms with Gasteiger partial charge < -0.3 is 14.6 Å². The van der Waals surface area contributed by atoms with Crippen molar-refractivity contribution >= 4 is 11.6 Å². The monoisotopic (exact) mass is 477 g/mol. The number of halogens is 1. The molecule has 2 aromatic carbocycles. The molecule has 35 heavy (non-hydrogen) atoms. The smallest absolute Gasteiger partial charge is 0.181 e. The van der Waals surface area contributed by atoms with Crippen LogP contribution < -0.4 is 9.47 Å². The Balaban J connectivity index is 1.45. The largest absolute Gasteiger partial charge is 0.493 e. The number of aliphatic hydroxyl groups is 1. The molecule has 0 saturated heterocycles. The lowest BCUT2D eigenvalue weighted by Gasteiger charge is -2.12. The first-order valence-electron chi connectivity index (χ1n) is 11.6. The molecule has 0 amide bonds. The highest BCUT2D eigenvalue weighted by Crippen LogP contribution is 2.33. The second-order valence-corrected chi connectivity index (χ2v) is 8.83. The van der Waals surface area contributed by atoms with Crippen LogP contribution in [0.2, 0.25) is 0 Å². The second kappa shape index (κ2) is 10.8. The molecule has 0 unspecified atom stereocenters. The summed E-state index contributed by atoms with van der Waals surface area (Å²) in [5.74, 6) is 0.835. The van der Waals surface area contributed by atoms with E-state index in [0.29, 0.717) is 52.0 Å². The number of Topliss-reactive ketones (excluding diaryl/α,β-unsaturated/α-hetero) is 2. The SMILES string of the molecule is COc1cc(C(=O)CCC(=O)c2cc(CO)cc(-c3ccc(F)c(C)c3)n2)ccc1OCC1CC1. The van der Waals surface area contributed by atoms with E-state index in [1.165, 1.54) is 32.1 Å². The predicted octanol–water partition coefficient (Wildman–Crippen LogP) is 5.33. The fourth-order valence-corrected chi connectivity index (χ4v) is 3.73. The first kappa shape index (κ1) is 24.5. The Morgan fingerprint density at radius 2 is 1.80 bits per heavy atom. The number of aryl methyl sites for hydroxylation is 1. The molecule has 0 atom stereocenters. The summed E-state index contributed by atoms with van der Waals surface area (Å²) >= 11 is 0. The molecule has 1 aromatic heterocycles. The van der Waals surface area contributed by atoms with Crippen LogP contribution >= 0.6 is 0 Å². The van der Waals surface area contributed by atoms with Gasteiger partial charge in [0.1, 0.15) is 11.5 Å². The van der Waals surface area contributed by atoms with Gasteiger partial charge in [-0.2, -0.15) is 0 Å². The number of nitrogens with zero attached hydrogens (tertiary/aromatic N) is 1. The number of hydrogen-bond acceptors (Lipinski definition) is 6. The summed E-state index contributed by atoms with van der Waals surface area (Å²) in [5, 5.41) is 9.65. The van der Waals surface area contributed by atoms with Crippen molar-refractivity contribution in [2.75, 3.05) is 13.7 Å². The van der Waals surface area contributed by atoms with Crippen molar-refractivity contribution in [1.82, 2.24) is 4.98 Å². The van der Waals surface area contributed by atoms with Gasteiger partial charge in [-0.05, 0) is 85.3 Å². The number of hydrogen-bond donors (Lipinski definition) is 1. The van der Waals surface area contributed by atoms with Crippen molar-refractivity contribution in [3.8, 4) is 22.8 Å². The summed E-state index contributed by atoms with van der Waals surface area (Å²) in [6.45, 7) is 2.01. The van der Waals surface area contributed by atoms with Crippen molar-refractivity contribution in [3.05, 3.63) is 76.7 Å². The van der Waals surface area contributed by atoms with E-state index in [0.717, 1.165) is 0 Å². The number of pyridine rings is 1. The van der Waals surface area contributed by atoms with Crippen LogP contribution in [0.1, 0.15) is 57.7 Å². The van der Waals surface area contributed by atoms with E-state index in [2.05, 4.69) is 4.98 Å². The maximum atomic E-state index is 13.7. The molecule has 1 N–H and O–H groups in total. The lowest BCUT2D eigenvalue weighted by Crippen LogP contribution is -2.09. The third kappa shape index (κ3) is 6.11. The zero-order valence-corrected chi connectivity index (χ0v) is 19.8. The van der Waals surface area contributed by atoms with Crippen molar-refractivity contribution in [1.29, 1.82) is 0 Å². The van der Waals surface area contributed by atoms with Gasteiger partial charge >= 0.3 is 0 Å². The number of ketones is 2. The third-order valence-corrected chi connectivity index (χ3v) is 6.04. The van der Waals surface area contributed by atoms with Crippen molar-refractivity contribution in [2.45, 2.75) is 39.2 Å². The van der Waals surface area contributed by atoms with Gasteiger partial charge in [-0.1, -0.05) is 0 Å². The molecule has 1 aliphatic rings. The molecule has 0 radical (unpaired) electrons. The Morgan fingerprint density at radius 1 is 1.03 bits per heavy atom. The molecule has 1 heterocycles. The molecule has 0 bridgehead atoms. The summed E-state index contributed by atoms with van der Waals surface area (Å²) in [4.78, 5) is 30.1. The zero-order chi connectivity index (χ0) is 24.9. The highest BCUT2D eigenvalue weighted by atomic mass is 19.1. The molecule has 7 heteroatoms. The topological polar surface area (TPSA) is 85.7 Å². The van der Waals surface area contributed by atoms with Gasteiger partial charge in [0.05, 0.1) is 26.0 Å². The summed E-state index contributed by atoms with van der Waals surface area (Å²) in [7, 11) is 1.52. The Morgan fingerprint density at radius 3 is 2.49 bits per heavy atom. The molecule has 1 saturated carbocycles. The van der Waals surface area contributed by atoms with Crippen LogP contribution in [-0.2, 0) is 6.61 Å². The van der Waals surface area contributed by atoms with Crippen LogP contribution in [0.4, 0.5) is 4.39 Å². The molecule has 6 nitrogen and oxygen atoms in total. The van der Waals surface area contributed by atoms with E-state index >= 15 is 0 Å². The maximum absolute atomic E-state index is 13.7. The standard InChI is InChI=1S/C28H28FNO5/c1-17-11-20(5-7-22(17)29)23-12-19(15-31)13-24(30-23)26(33)9-8-25(32)21-6-10-27(28(14-21)34-2)35-16-18-3-4-18/h5-7,10-14,18,31H,3-4,8-9,15-16H2,1-2H3. The van der Waals surface area contributed by atoms with E-state index < -0.39 is 0 Å². The number of aromatic nitrogens is 1. The van der Waals surface area contributed by atoms with Crippen LogP contribution in [-0.4, -0.2) is 35.4 Å². The van der Waals surface area contributed by atoms with Gasteiger partial charge in [0, 0.05) is 24.0 Å². The molecule has 4 rings (SSSR count). The maximum Gasteiger partial charge on any atom is 0.181 e. The van der Waals surface area contributed by atoms with Crippen LogP contribution in [0.15, 0.2) is 48.5 Å². The minimum atomic E-state index is -0.332. The second-order valence-electron chi connectivity index (χ2n) is 8.83. The number of aliphatic hydroxyl groups excluding tert-OH is 1. The van der Waals surface area contributed by atoms with E-state index in [1.807, 2.05) is 0 Å². The van der Waals surface area contributed by atoms with E-state index in [1.54, 1.807) is 43.3 Å². The highest BCUT2D eigenvalue weighted by Gasteiger charge is 2.23. The lowest BCUT2D eigenvalue weighted by molar-refractivity contribution is 0.0914. The quantitative estimate of drug-likeness (QED) is 0.376. The minimum absolute atomic E-state index is 0.000286. The van der Waals surface area contributed by atoms with Crippen molar-refractivity contribution in [3.63, 3.8) is 0 Å². The Labute approximate surface area is 203 Å². The molecular formula is C28H28FNO5. The van der Waals surface area contributed by atoms with Gasteiger partial charge in [-0.15, -0.1) is 0 Å². The number of carbonyl (C=O) groups excluding carboxylic acids is 2. The summed E-state index contributed by atoms with van der Waals surface area (Å²) in [6, 6.07) is 12.8. The van der Waals surface area contributed by atoms with Crippen LogP contribution in [0.5, 0.6) is 11.5 Å². The molecular weight excluding hydrogens is 449 g/mol. The Kier molecular flexibility index (Phi) is 7.56. The van der Waals surface area contributed by atoms with Gasteiger partial charge in [0.2, 0.25) is 0 Å². The highest BCUT2D eigenvalue weighted by molar-refractivity contribution is 6.02. The lowest BCUT2D eigenvalue weighted by atomic mass is 10.0. The minimum Gasteiger partial charge on any atom is -0.493 e. The number of ether oxygens (including phenoxy) is 2. The van der Waals surface area contributed by atoms with E-state index in [9.17, 15) is 19.1 Å². The summed E-state index contributed by atoms with van der Waals surface area (Å²) in [6.07, 6.45) is 2.31. The average molecular weight is 478 g/mol. The zero-order valence-electron chi connectivity index (χ0n) is 19.8. The molecule has 3 aromatic rings. The van der Waals surface area contributed by atoms with Crippen LogP contribution in [0, 0.1) is 18.7 Å². The summed E-state index contributed by atoms with van der Waals surface area (Å²) in [5.41, 5.74) is 2.66. The van der Waals surface area contributed by atoms with Crippen molar-refractivity contribution in [2.24, 2.45) is 5.92 Å². The molecule has 182 valence electrons. The normalized spacial score (nSPS) is 12.9. The number of methoxy groups -OCH3 is 1. The third-order valence-electron chi connectivity index (χ3n) is 6.04. The van der Waals surface area contributed by atoms with Gasteiger partial charge in [-0.25, -0.2) is 9.37 Å². The van der Waals surface area contributed by atoms with Gasteiger partial charge in [0.15, 0.2) is 23.1 Å². The van der Waals surface area contributed by atoms with Gasteiger partial charge in [-0.3, -0.25) is 9.59 Å². The van der Waals surface area contributed by atoms with E-state index in [4.69, 9.17) is 9.47 Å². The Hall–Kier alpha value is -3.58. The van der Waals surface area contributed by atoms with Crippen molar-refractivity contribution < 1.29 is 28.6 Å².